The van der Waals surface area contributed by atoms with Gasteiger partial charge in [0, 0.05) is 0 Å². The van der Waals surface area contributed by atoms with E-state index in [1.54, 1.807) is 0 Å². The summed E-state index contributed by atoms with van der Waals surface area (Å²) in [4.78, 5) is 0. The fourth-order valence-corrected chi connectivity index (χ4v) is 0.904. The highest BCUT2D eigenvalue weighted by atomic mass is 14.0. The van der Waals surface area contributed by atoms with Crippen LogP contribution in [0.15, 0.2) is 23.6 Å². The Morgan fingerprint density at radius 3 is 2.50 bits per heavy atom. The normalized spacial score (nSPS) is 16.6. The summed E-state index contributed by atoms with van der Waals surface area (Å²) in [7, 11) is 1.15. The van der Waals surface area contributed by atoms with Crippen LogP contribution in [-0.2, 0) is 0 Å². The summed E-state index contributed by atoms with van der Waals surface area (Å²) in [5.41, 5.74) is 1.49. The first-order chi connectivity index (χ1) is 3.80. The third kappa shape index (κ3) is 1.03. The second-order valence-electron chi connectivity index (χ2n) is 2.50. The van der Waals surface area contributed by atoms with Gasteiger partial charge in [0.05, 0.1) is 0 Å². The van der Waals surface area contributed by atoms with Crippen LogP contribution < -0.4 is 0 Å². The maximum Gasteiger partial charge on any atom is 0.174 e. The van der Waals surface area contributed by atoms with Gasteiger partial charge in [-0.3, -0.25) is 0 Å². The van der Waals surface area contributed by atoms with Crippen LogP contribution in [-0.4, -0.2) is 7.28 Å². The molecule has 1 rings (SSSR count). The highest BCUT2D eigenvalue weighted by Gasteiger charge is 2.00. The second-order valence-corrected chi connectivity index (χ2v) is 2.50. The Labute approximate surface area is 51.5 Å². The Bertz CT molecular complexity index is 131. The van der Waals surface area contributed by atoms with E-state index in [2.05, 4.69) is 31.9 Å². The molecule has 0 bridgehead atoms. The van der Waals surface area contributed by atoms with Gasteiger partial charge in [0.2, 0.25) is 0 Å². The molecule has 0 aromatic heterocycles. The topological polar surface area (TPSA) is 0 Å². The first-order valence-electron chi connectivity index (χ1n) is 3.17. The van der Waals surface area contributed by atoms with Crippen LogP contribution in [0.1, 0.15) is 13.8 Å². The molecule has 0 radical (unpaired) electrons. The van der Waals surface area contributed by atoms with E-state index in [0.717, 1.165) is 7.28 Å². The third-order valence-corrected chi connectivity index (χ3v) is 1.47. The van der Waals surface area contributed by atoms with Gasteiger partial charge in [-0.15, -0.1) is 12.0 Å². The smallest absolute Gasteiger partial charge is 0.114 e. The third-order valence-electron chi connectivity index (χ3n) is 1.47. The molecule has 0 aromatic rings. The molecule has 0 aliphatic carbocycles. The molecule has 0 saturated carbocycles. The van der Waals surface area contributed by atoms with E-state index < -0.39 is 0 Å². The lowest BCUT2D eigenvalue weighted by Crippen LogP contribution is -1.86. The molecule has 0 nitrogen and oxygen atoms in total. The summed E-state index contributed by atoms with van der Waals surface area (Å²) in [5.74, 6) is 5.20. The molecule has 1 aliphatic heterocycles. The van der Waals surface area contributed by atoms with Gasteiger partial charge in [-0.05, 0) is 5.92 Å². The molecule has 0 aromatic carbocycles. The zero-order valence-electron chi connectivity index (χ0n) is 5.52. The summed E-state index contributed by atoms with van der Waals surface area (Å²) in [6, 6.07) is 0. The quantitative estimate of drug-likeness (QED) is 0.444. The standard InChI is InChI=1S/C7H11B/c1-6(2)7-3-4-8-5-7/h3-6,8H,1-2H3. The second kappa shape index (κ2) is 2.21. The van der Waals surface area contributed by atoms with E-state index in [1.165, 1.54) is 5.57 Å². The maximum absolute atomic E-state index is 2.28. The van der Waals surface area contributed by atoms with Crippen LogP contribution in [0.5, 0.6) is 0 Å². The summed E-state index contributed by atoms with van der Waals surface area (Å²) >= 11 is 0. The molecule has 1 aliphatic rings. The van der Waals surface area contributed by atoms with Gasteiger partial charge in [0.25, 0.3) is 0 Å². The highest BCUT2D eigenvalue weighted by Crippen LogP contribution is 2.13. The molecular formula is C7H11B. The molecule has 1 heteroatoms. The van der Waals surface area contributed by atoms with Gasteiger partial charge in [-0.1, -0.05) is 25.5 Å². The molecule has 0 amide bonds. The zero-order valence-corrected chi connectivity index (χ0v) is 5.52. The molecular weight excluding hydrogens is 94.9 g/mol. The number of allylic oxidation sites excluding steroid dienone is 2. The average Bonchev–Trinajstić information content (AvgIpc) is 2.12. The molecule has 0 fully saturated rings. The maximum atomic E-state index is 2.28. The fourth-order valence-electron chi connectivity index (χ4n) is 0.904. The molecule has 0 unspecified atom stereocenters. The minimum Gasteiger partial charge on any atom is -0.114 e. The van der Waals surface area contributed by atoms with E-state index in [-0.39, 0.29) is 0 Å². The van der Waals surface area contributed by atoms with Crippen molar-refractivity contribution in [3.63, 3.8) is 0 Å². The van der Waals surface area contributed by atoms with Crippen molar-refractivity contribution >= 4 is 7.28 Å². The van der Waals surface area contributed by atoms with E-state index in [1.807, 2.05) is 0 Å². The van der Waals surface area contributed by atoms with Crippen LogP contribution in [0.2, 0.25) is 0 Å². The van der Waals surface area contributed by atoms with Gasteiger partial charge >= 0.3 is 0 Å². The predicted molar refractivity (Wildman–Crippen MR) is 39.2 cm³/mol. The molecule has 0 atom stereocenters. The van der Waals surface area contributed by atoms with Crippen molar-refractivity contribution in [1.82, 2.24) is 0 Å². The lowest BCUT2D eigenvalue weighted by atomic mass is 9.81. The Hall–Kier alpha value is -0.455. The minimum atomic E-state index is 0.716. The van der Waals surface area contributed by atoms with Crippen molar-refractivity contribution in [2.75, 3.05) is 0 Å². The Kier molecular flexibility index (Phi) is 1.57. The summed E-state index contributed by atoms with van der Waals surface area (Å²) in [6.45, 7) is 4.45. The van der Waals surface area contributed by atoms with Crippen molar-refractivity contribution in [2.45, 2.75) is 13.8 Å². The average molecular weight is 106 g/mol. The molecule has 8 heavy (non-hydrogen) atoms. The van der Waals surface area contributed by atoms with Gasteiger partial charge in [0.15, 0.2) is 7.28 Å². The Morgan fingerprint density at radius 2 is 2.25 bits per heavy atom. The molecule has 42 valence electrons. The number of hydrogen-bond acceptors (Lipinski definition) is 0. The van der Waals surface area contributed by atoms with Crippen LogP contribution in [0.25, 0.3) is 0 Å². The SMILES string of the molecule is CC(C)C1=CBC=C1. The molecule has 0 saturated heterocycles. The van der Waals surface area contributed by atoms with E-state index in [4.69, 9.17) is 0 Å². The van der Waals surface area contributed by atoms with E-state index >= 15 is 0 Å². The number of rotatable bonds is 1. The van der Waals surface area contributed by atoms with Crippen molar-refractivity contribution in [2.24, 2.45) is 5.92 Å². The first-order valence-corrected chi connectivity index (χ1v) is 3.17. The van der Waals surface area contributed by atoms with Gasteiger partial charge < -0.3 is 0 Å². The van der Waals surface area contributed by atoms with Crippen molar-refractivity contribution < 1.29 is 0 Å². The van der Waals surface area contributed by atoms with Crippen LogP contribution in [0.3, 0.4) is 0 Å². The predicted octanol–water partition coefficient (Wildman–Crippen LogP) is 1.49. The highest BCUT2D eigenvalue weighted by molar-refractivity contribution is 6.49. The van der Waals surface area contributed by atoms with Gasteiger partial charge in [0.1, 0.15) is 0 Å². The molecule has 0 spiro atoms. The van der Waals surface area contributed by atoms with Crippen LogP contribution in [0.4, 0.5) is 0 Å². The Balaban J connectivity index is 2.58. The zero-order chi connectivity index (χ0) is 5.98. The lowest BCUT2D eigenvalue weighted by Gasteiger charge is -2.00. The van der Waals surface area contributed by atoms with E-state index in [9.17, 15) is 0 Å². The Morgan fingerprint density at radius 1 is 1.50 bits per heavy atom. The number of hydrogen-bond donors (Lipinski definition) is 0. The van der Waals surface area contributed by atoms with Crippen LogP contribution in [0, 0.1) is 5.92 Å². The van der Waals surface area contributed by atoms with Crippen molar-refractivity contribution in [1.29, 1.82) is 0 Å². The van der Waals surface area contributed by atoms with Gasteiger partial charge in [-0.25, -0.2) is 0 Å². The first kappa shape index (κ1) is 5.68. The van der Waals surface area contributed by atoms with Crippen molar-refractivity contribution in [3.8, 4) is 0 Å². The largest absolute Gasteiger partial charge is 0.174 e. The lowest BCUT2D eigenvalue weighted by molar-refractivity contribution is 0.795. The van der Waals surface area contributed by atoms with Gasteiger partial charge in [-0.2, -0.15) is 0 Å². The molecule has 0 N–H and O–H groups in total. The fraction of sp³-hybridized carbons (Fsp3) is 0.429. The summed E-state index contributed by atoms with van der Waals surface area (Å²) in [5, 5.41) is 0. The molecule has 1 heterocycles. The summed E-state index contributed by atoms with van der Waals surface area (Å²) in [6.07, 6.45) is 2.21. The summed E-state index contributed by atoms with van der Waals surface area (Å²) < 4.78 is 0. The monoisotopic (exact) mass is 106 g/mol. The van der Waals surface area contributed by atoms with E-state index in [0.29, 0.717) is 5.92 Å². The van der Waals surface area contributed by atoms with Crippen molar-refractivity contribution in [3.05, 3.63) is 23.6 Å². The minimum absolute atomic E-state index is 0.716. The van der Waals surface area contributed by atoms with Crippen LogP contribution >= 0.6 is 0 Å².